The largest absolute Gasteiger partial charge is 0.457 e. The smallest absolute Gasteiger partial charge is 0.331 e. The SMILES string of the molecule is CC(C)(C)OC(=O)/C=C/C=C/c1ccc(Cl)cc1. The molecule has 0 bridgehead atoms. The van der Waals surface area contributed by atoms with Gasteiger partial charge in [0.25, 0.3) is 0 Å². The van der Waals surface area contributed by atoms with Gasteiger partial charge < -0.3 is 4.74 Å². The lowest BCUT2D eigenvalue weighted by molar-refractivity contribution is -0.148. The maximum atomic E-state index is 11.4. The van der Waals surface area contributed by atoms with E-state index in [-0.39, 0.29) is 5.97 Å². The fraction of sp³-hybridized carbons (Fsp3) is 0.267. The maximum absolute atomic E-state index is 11.4. The molecule has 0 spiro atoms. The third-order valence-electron chi connectivity index (χ3n) is 1.91. The van der Waals surface area contributed by atoms with Gasteiger partial charge in [0.15, 0.2) is 0 Å². The van der Waals surface area contributed by atoms with Crippen molar-refractivity contribution in [3.63, 3.8) is 0 Å². The lowest BCUT2D eigenvalue weighted by atomic mass is 10.2. The normalized spacial score (nSPS) is 12.2. The Hall–Kier alpha value is -1.54. The minimum Gasteiger partial charge on any atom is -0.457 e. The number of allylic oxidation sites excluding steroid dienone is 2. The number of rotatable bonds is 3. The van der Waals surface area contributed by atoms with E-state index in [1.54, 1.807) is 12.2 Å². The molecule has 2 nitrogen and oxygen atoms in total. The number of hydrogen-bond acceptors (Lipinski definition) is 2. The van der Waals surface area contributed by atoms with Gasteiger partial charge in [-0.3, -0.25) is 0 Å². The van der Waals surface area contributed by atoms with Gasteiger partial charge in [0, 0.05) is 11.1 Å². The van der Waals surface area contributed by atoms with Crippen LogP contribution in [-0.4, -0.2) is 11.6 Å². The summed E-state index contributed by atoms with van der Waals surface area (Å²) in [6.45, 7) is 5.51. The van der Waals surface area contributed by atoms with E-state index < -0.39 is 5.60 Å². The van der Waals surface area contributed by atoms with Crippen molar-refractivity contribution in [2.75, 3.05) is 0 Å². The molecule has 0 atom stereocenters. The average molecular weight is 265 g/mol. The average Bonchev–Trinajstić information content (AvgIpc) is 2.24. The lowest BCUT2D eigenvalue weighted by Gasteiger charge is -2.17. The van der Waals surface area contributed by atoms with E-state index in [9.17, 15) is 4.79 Å². The Morgan fingerprint density at radius 3 is 2.33 bits per heavy atom. The topological polar surface area (TPSA) is 26.3 Å². The second kappa shape index (κ2) is 6.41. The summed E-state index contributed by atoms with van der Waals surface area (Å²) in [7, 11) is 0. The van der Waals surface area contributed by atoms with Crippen LogP contribution in [0.2, 0.25) is 5.02 Å². The number of benzene rings is 1. The van der Waals surface area contributed by atoms with E-state index in [0.29, 0.717) is 5.02 Å². The van der Waals surface area contributed by atoms with Gasteiger partial charge in [-0.1, -0.05) is 42.0 Å². The molecule has 1 aromatic rings. The molecule has 0 heterocycles. The first-order chi connectivity index (χ1) is 8.37. The van der Waals surface area contributed by atoms with Gasteiger partial charge in [-0.25, -0.2) is 4.79 Å². The quantitative estimate of drug-likeness (QED) is 0.463. The number of carbonyl (C=O) groups excluding carboxylic acids is 1. The zero-order chi connectivity index (χ0) is 13.6. The molecule has 0 N–H and O–H groups in total. The third-order valence-corrected chi connectivity index (χ3v) is 2.16. The van der Waals surface area contributed by atoms with Crippen molar-refractivity contribution in [3.05, 3.63) is 53.1 Å². The first-order valence-electron chi connectivity index (χ1n) is 5.70. The predicted molar refractivity (Wildman–Crippen MR) is 75.5 cm³/mol. The minimum atomic E-state index is -0.457. The fourth-order valence-electron chi connectivity index (χ4n) is 1.21. The van der Waals surface area contributed by atoms with Gasteiger partial charge in [0.05, 0.1) is 0 Å². The van der Waals surface area contributed by atoms with E-state index in [2.05, 4.69) is 0 Å². The highest BCUT2D eigenvalue weighted by molar-refractivity contribution is 6.30. The van der Waals surface area contributed by atoms with Crippen molar-refractivity contribution in [2.24, 2.45) is 0 Å². The Balaban J connectivity index is 2.49. The molecule has 0 saturated heterocycles. The molecule has 0 aliphatic heterocycles. The molecule has 0 aliphatic rings. The molecule has 1 rings (SSSR count). The van der Waals surface area contributed by atoms with Gasteiger partial charge in [0.2, 0.25) is 0 Å². The standard InChI is InChI=1S/C15H17ClO2/c1-15(2,3)18-14(17)7-5-4-6-12-8-10-13(16)11-9-12/h4-11H,1-3H3/b6-4+,7-5+. The van der Waals surface area contributed by atoms with Crippen LogP contribution >= 0.6 is 11.6 Å². The molecular weight excluding hydrogens is 248 g/mol. The summed E-state index contributed by atoms with van der Waals surface area (Å²) in [5.41, 5.74) is 0.564. The molecule has 0 fully saturated rings. The number of halogens is 1. The molecule has 0 saturated carbocycles. The fourth-order valence-corrected chi connectivity index (χ4v) is 1.34. The van der Waals surface area contributed by atoms with Gasteiger partial charge in [-0.05, 0) is 38.5 Å². The van der Waals surface area contributed by atoms with Crippen molar-refractivity contribution in [3.8, 4) is 0 Å². The molecule has 0 aliphatic carbocycles. The van der Waals surface area contributed by atoms with Crippen LogP contribution in [0.3, 0.4) is 0 Å². The van der Waals surface area contributed by atoms with Crippen LogP contribution in [-0.2, 0) is 9.53 Å². The summed E-state index contributed by atoms with van der Waals surface area (Å²) in [5.74, 6) is -0.344. The molecular formula is C15H17ClO2. The molecule has 0 aromatic heterocycles. The van der Waals surface area contributed by atoms with E-state index in [1.165, 1.54) is 6.08 Å². The molecule has 0 unspecified atom stereocenters. The van der Waals surface area contributed by atoms with E-state index >= 15 is 0 Å². The molecule has 96 valence electrons. The Kier molecular flexibility index (Phi) is 5.17. The van der Waals surface area contributed by atoms with Crippen LogP contribution in [0.25, 0.3) is 6.08 Å². The Morgan fingerprint density at radius 1 is 1.17 bits per heavy atom. The van der Waals surface area contributed by atoms with E-state index in [4.69, 9.17) is 16.3 Å². The highest BCUT2D eigenvalue weighted by Crippen LogP contribution is 2.10. The second-order valence-electron chi connectivity index (χ2n) is 4.80. The summed E-state index contributed by atoms with van der Waals surface area (Å²) < 4.78 is 5.13. The predicted octanol–water partition coefficient (Wildman–Crippen LogP) is 4.25. The Morgan fingerprint density at radius 2 is 1.78 bits per heavy atom. The van der Waals surface area contributed by atoms with Crippen LogP contribution in [0.1, 0.15) is 26.3 Å². The maximum Gasteiger partial charge on any atom is 0.331 e. The number of hydrogen-bond donors (Lipinski definition) is 0. The van der Waals surface area contributed by atoms with Gasteiger partial charge in [0.1, 0.15) is 5.60 Å². The number of esters is 1. The zero-order valence-electron chi connectivity index (χ0n) is 10.8. The first kappa shape index (κ1) is 14.5. The molecule has 0 radical (unpaired) electrons. The summed E-state index contributed by atoms with van der Waals surface area (Å²) >= 11 is 5.78. The van der Waals surface area contributed by atoms with Gasteiger partial charge in [-0.2, -0.15) is 0 Å². The summed E-state index contributed by atoms with van der Waals surface area (Å²) in [6.07, 6.45) is 6.73. The Labute approximate surface area is 113 Å². The van der Waals surface area contributed by atoms with Gasteiger partial charge >= 0.3 is 5.97 Å². The van der Waals surface area contributed by atoms with Crippen LogP contribution in [0, 0.1) is 0 Å². The molecule has 1 aromatic carbocycles. The highest BCUT2D eigenvalue weighted by atomic mass is 35.5. The van der Waals surface area contributed by atoms with Crippen LogP contribution in [0.15, 0.2) is 42.5 Å². The second-order valence-corrected chi connectivity index (χ2v) is 5.24. The van der Waals surface area contributed by atoms with E-state index in [1.807, 2.05) is 51.1 Å². The summed E-state index contributed by atoms with van der Waals surface area (Å²) in [6, 6.07) is 7.44. The van der Waals surface area contributed by atoms with Crippen molar-refractivity contribution < 1.29 is 9.53 Å². The lowest BCUT2D eigenvalue weighted by Crippen LogP contribution is -2.22. The van der Waals surface area contributed by atoms with Crippen molar-refractivity contribution >= 4 is 23.6 Å². The molecule has 0 amide bonds. The third kappa shape index (κ3) is 6.26. The summed E-state index contributed by atoms with van der Waals surface area (Å²) in [5, 5.41) is 0.705. The summed E-state index contributed by atoms with van der Waals surface area (Å²) in [4.78, 5) is 11.4. The van der Waals surface area contributed by atoms with Crippen LogP contribution < -0.4 is 0 Å². The van der Waals surface area contributed by atoms with Crippen molar-refractivity contribution in [1.29, 1.82) is 0 Å². The van der Waals surface area contributed by atoms with Crippen molar-refractivity contribution in [2.45, 2.75) is 26.4 Å². The molecule has 3 heteroatoms. The van der Waals surface area contributed by atoms with Gasteiger partial charge in [-0.15, -0.1) is 0 Å². The van der Waals surface area contributed by atoms with Crippen LogP contribution in [0.4, 0.5) is 0 Å². The first-order valence-corrected chi connectivity index (χ1v) is 6.08. The minimum absolute atomic E-state index is 0.344. The number of carbonyl (C=O) groups is 1. The van der Waals surface area contributed by atoms with Crippen LogP contribution in [0.5, 0.6) is 0 Å². The number of ether oxygens (including phenoxy) is 1. The molecule has 18 heavy (non-hydrogen) atoms. The van der Waals surface area contributed by atoms with E-state index in [0.717, 1.165) is 5.56 Å². The monoisotopic (exact) mass is 264 g/mol. The highest BCUT2D eigenvalue weighted by Gasteiger charge is 2.13. The Bertz CT molecular complexity index is 450. The van der Waals surface area contributed by atoms with Crippen molar-refractivity contribution in [1.82, 2.24) is 0 Å². The zero-order valence-corrected chi connectivity index (χ0v) is 11.6.